The molecule has 130 valence electrons. The van der Waals surface area contributed by atoms with Crippen LogP contribution >= 0.6 is 0 Å². The zero-order chi connectivity index (χ0) is 18.0. The van der Waals surface area contributed by atoms with Gasteiger partial charge in [-0.3, -0.25) is 4.98 Å². The summed E-state index contributed by atoms with van der Waals surface area (Å²) in [5, 5.41) is 0.646. The number of rotatable bonds is 5. The SMILES string of the molecule is COc1ccc(S(=O)(=O)c2cnc3cc(OC)c(OC)cc3c2)cc1. The maximum Gasteiger partial charge on any atom is 0.208 e. The molecular formula is C18H17NO5S. The highest BCUT2D eigenvalue weighted by molar-refractivity contribution is 7.91. The van der Waals surface area contributed by atoms with Gasteiger partial charge in [0.15, 0.2) is 11.5 Å². The van der Waals surface area contributed by atoms with E-state index >= 15 is 0 Å². The summed E-state index contributed by atoms with van der Waals surface area (Å²) in [6.45, 7) is 0. The highest BCUT2D eigenvalue weighted by Gasteiger charge is 2.19. The molecule has 0 saturated carbocycles. The highest BCUT2D eigenvalue weighted by Crippen LogP contribution is 2.33. The van der Waals surface area contributed by atoms with Gasteiger partial charge in [-0.25, -0.2) is 8.42 Å². The lowest BCUT2D eigenvalue weighted by molar-refractivity contribution is 0.356. The second-order valence-electron chi connectivity index (χ2n) is 5.25. The van der Waals surface area contributed by atoms with Crippen LogP contribution < -0.4 is 14.2 Å². The lowest BCUT2D eigenvalue weighted by Crippen LogP contribution is -2.03. The van der Waals surface area contributed by atoms with Crippen molar-refractivity contribution in [2.75, 3.05) is 21.3 Å². The van der Waals surface area contributed by atoms with E-state index in [1.165, 1.54) is 39.7 Å². The number of pyridine rings is 1. The van der Waals surface area contributed by atoms with Gasteiger partial charge in [0.2, 0.25) is 9.84 Å². The fraction of sp³-hybridized carbons (Fsp3) is 0.167. The quantitative estimate of drug-likeness (QED) is 0.697. The van der Waals surface area contributed by atoms with Crippen LogP contribution in [0.25, 0.3) is 10.9 Å². The van der Waals surface area contributed by atoms with Crippen LogP contribution in [0.2, 0.25) is 0 Å². The molecule has 0 saturated heterocycles. The van der Waals surface area contributed by atoms with Gasteiger partial charge in [-0.2, -0.15) is 0 Å². The van der Waals surface area contributed by atoms with Crippen molar-refractivity contribution < 1.29 is 22.6 Å². The van der Waals surface area contributed by atoms with Crippen molar-refractivity contribution in [1.29, 1.82) is 0 Å². The minimum absolute atomic E-state index is 0.109. The molecule has 0 aliphatic rings. The van der Waals surface area contributed by atoms with E-state index < -0.39 is 9.84 Å². The van der Waals surface area contributed by atoms with E-state index in [1.54, 1.807) is 30.3 Å². The second-order valence-corrected chi connectivity index (χ2v) is 7.20. The Hall–Kier alpha value is -2.80. The van der Waals surface area contributed by atoms with Crippen molar-refractivity contribution in [3.8, 4) is 17.2 Å². The molecule has 3 rings (SSSR count). The minimum atomic E-state index is -3.68. The number of methoxy groups -OCH3 is 3. The Balaban J connectivity index is 2.10. The molecule has 7 heteroatoms. The van der Waals surface area contributed by atoms with Crippen molar-refractivity contribution in [1.82, 2.24) is 4.98 Å². The summed E-state index contributed by atoms with van der Waals surface area (Å²) in [6.07, 6.45) is 1.34. The number of benzene rings is 2. The first-order valence-electron chi connectivity index (χ1n) is 7.40. The topological polar surface area (TPSA) is 74.7 Å². The molecule has 0 aliphatic carbocycles. The lowest BCUT2D eigenvalue weighted by Gasteiger charge is -2.10. The van der Waals surface area contributed by atoms with Gasteiger partial charge in [0, 0.05) is 17.6 Å². The van der Waals surface area contributed by atoms with Crippen molar-refractivity contribution in [2.45, 2.75) is 9.79 Å². The summed E-state index contributed by atoms with van der Waals surface area (Å²) in [5.74, 6) is 1.64. The Bertz CT molecular complexity index is 1010. The Morgan fingerprint density at radius 3 is 2.04 bits per heavy atom. The predicted octanol–water partition coefficient (Wildman–Crippen LogP) is 3.09. The van der Waals surface area contributed by atoms with E-state index in [-0.39, 0.29) is 9.79 Å². The maximum atomic E-state index is 12.8. The molecule has 1 aromatic heterocycles. The molecule has 0 radical (unpaired) electrons. The van der Waals surface area contributed by atoms with Crippen LogP contribution in [0, 0.1) is 0 Å². The van der Waals surface area contributed by atoms with Crippen LogP contribution in [0.5, 0.6) is 17.2 Å². The first kappa shape index (κ1) is 17.0. The summed E-state index contributed by atoms with van der Waals surface area (Å²) in [7, 11) is 0.902. The third-order valence-electron chi connectivity index (χ3n) is 3.84. The van der Waals surface area contributed by atoms with Crippen LogP contribution in [0.4, 0.5) is 0 Å². The van der Waals surface area contributed by atoms with Gasteiger partial charge in [0.25, 0.3) is 0 Å². The van der Waals surface area contributed by atoms with Crippen molar-refractivity contribution in [2.24, 2.45) is 0 Å². The number of sulfone groups is 1. The minimum Gasteiger partial charge on any atom is -0.497 e. The van der Waals surface area contributed by atoms with Crippen molar-refractivity contribution in [3.63, 3.8) is 0 Å². The number of ether oxygens (including phenoxy) is 3. The molecule has 0 bridgehead atoms. The Morgan fingerprint density at radius 2 is 1.44 bits per heavy atom. The van der Waals surface area contributed by atoms with E-state index in [1.807, 2.05) is 0 Å². The van der Waals surface area contributed by atoms with Gasteiger partial charge in [0.1, 0.15) is 5.75 Å². The Kier molecular flexibility index (Phi) is 4.50. The summed E-state index contributed by atoms with van der Waals surface area (Å²) in [5.41, 5.74) is 0.617. The van der Waals surface area contributed by atoms with Gasteiger partial charge in [-0.1, -0.05) is 0 Å². The van der Waals surface area contributed by atoms with Crippen molar-refractivity contribution in [3.05, 3.63) is 48.7 Å². The largest absolute Gasteiger partial charge is 0.497 e. The van der Waals surface area contributed by atoms with E-state index in [9.17, 15) is 8.42 Å². The summed E-state index contributed by atoms with van der Waals surface area (Å²) in [6, 6.07) is 11.2. The first-order chi connectivity index (χ1) is 12.0. The van der Waals surface area contributed by atoms with Gasteiger partial charge >= 0.3 is 0 Å². The standard InChI is InChI=1S/C18H17NO5S/c1-22-13-4-6-14(7-5-13)25(20,21)15-8-12-9-17(23-2)18(24-3)10-16(12)19-11-15/h4-11H,1-3H3. The van der Waals surface area contributed by atoms with Crippen LogP contribution in [-0.4, -0.2) is 34.7 Å². The maximum absolute atomic E-state index is 12.8. The third kappa shape index (κ3) is 3.10. The molecule has 0 amide bonds. The Morgan fingerprint density at radius 1 is 0.800 bits per heavy atom. The number of fused-ring (bicyclic) bond motifs is 1. The van der Waals surface area contributed by atoms with Crippen LogP contribution in [-0.2, 0) is 9.84 Å². The van der Waals surface area contributed by atoms with Crippen LogP contribution in [0.1, 0.15) is 0 Å². The van der Waals surface area contributed by atoms with E-state index in [4.69, 9.17) is 14.2 Å². The summed E-state index contributed by atoms with van der Waals surface area (Å²) < 4.78 is 41.2. The average molecular weight is 359 g/mol. The van der Waals surface area contributed by atoms with E-state index in [0.717, 1.165) is 0 Å². The molecule has 2 aromatic carbocycles. The summed E-state index contributed by atoms with van der Waals surface area (Å²) in [4.78, 5) is 4.54. The van der Waals surface area contributed by atoms with Gasteiger partial charge in [-0.05, 0) is 36.4 Å². The van der Waals surface area contributed by atoms with Gasteiger partial charge in [-0.15, -0.1) is 0 Å². The molecule has 0 aliphatic heterocycles. The lowest BCUT2D eigenvalue weighted by atomic mass is 10.2. The molecule has 0 fully saturated rings. The van der Waals surface area contributed by atoms with Crippen LogP contribution in [0.3, 0.4) is 0 Å². The van der Waals surface area contributed by atoms with Crippen LogP contribution in [0.15, 0.2) is 58.5 Å². The summed E-state index contributed by atoms with van der Waals surface area (Å²) >= 11 is 0. The fourth-order valence-corrected chi connectivity index (χ4v) is 3.71. The highest BCUT2D eigenvalue weighted by atomic mass is 32.2. The molecule has 1 heterocycles. The van der Waals surface area contributed by atoms with Gasteiger partial charge < -0.3 is 14.2 Å². The second kappa shape index (κ2) is 6.60. The molecule has 25 heavy (non-hydrogen) atoms. The first-order valence-corrected chi connectivity index (χ1v) is 8.89. The van der Waals surface area contributed by atoms with E-state index in [0.29, 0.717) is 28.2 Å². The number of hydrogen-bond acceptors (Lipinski definition) is 6. The molecule has 0 unspecified atom stereocenters. The predicted molar refractivity (Wildman–Crippen MR) is 93.3 cm³/mol. The zero-order valence-electron chi connectivity index (χ0n) is 14.0. The molecule has 3 aromatic rings. The third-order valence-corrected chi connectivity index (χ3v) is 5.58. The molecule has 0 atom stereocenters. The van der Waals surface area contributed by atoms with E-state index in [2.05, 4.69) is 4.98 Å². The average Bonchev–Trinajstić information content (AvgIpc) is 2.66. The molecular weight excluding hydrogens is 342 g/mol. The molecule has 0 spiro atoms. The number of nitrogens with zero attached hydrogens (tertiary/aromatic N) is 1. The molecule has 0 N–H and O–H groups in total. The number of aromatic nitrogens is 1. The fourth-order valence-electron chi connectivity index (χ4n) is 2.47. The number of hydrogen-bond donors (Lipinski definition) is 0. The monoisotopic (exact) mass is 359 g/mol. The van der Waals surface area contributed by atoms with Crippen molar-refractivity contribution >= 4 is 20.7 Å². The molecule has 6 nitrogen and oxygen atoms in total. The normalized spacial score (nSPS) is 11.3. The Labute approximate surface area is 145 Å². The van der Waals surface area contributed by atoms with Gasteiger partial charge in [0.05, 0.1) is 36.6 Å². The zero-order valence-corrected chi connectivity index (χ0v) is 14.8. The smallest absolute Gasteiger partial charge is 0.208 e.